The van der Waals surface area contributed by atoms with Crippen LogP contribution in [0.2, 0.25) is 0 Å². The Morgan fingerprint density at radius 1 is 1.26 bits per heavy atom. The molecule has 1 aromatic carbocycles. The molecule has 0 saturated carbocycles. The number of benzene rings is 1. The fourth-order valence-electron chi connectivity index (χ4n) is 1.31. The lowest BCUT2D eigenvalue weighted by atomic mass is 10.1. The number of nitrogens with one attached hydrogen (secondary N) is 2. The third-order valence-corrected chi connectivity index (χ3v) is 2.14. The van der Waals surface area contributed by atoms with Gasteiger partial charge in [-0.15, -0.1) is 0 Å². The van der Waals surface area contributed by atoms with E-state index in [0.29, 0.717) is 0 Å². The van der Waals surface area contributed by atoms with Crippen molar-refractivity contribution < 1.29 is 23.1 Å². The van der Waals surface area contributed by atoms with Gasteiger partial charge in [-0.2, -0.15) is 13.2 Å². The highest BCUT2D eigenvalue weighted by Crippen LogP contribution is 2.27. The molecule has 0 aromatic heterocycles. The highest BCUT2D eigenvalue weighted by Gasteiger charge is 2.39. The van der Waals surface area contributed by atoms with Crippen LogP contribution in [0.4, 0.5) is 18.9 Å². The standard InChI is InChI=1S/C12H11F3N2O2/c1-7(16)9(10(18)12(13,14)15)11(19)17-8-5-3-2-4-6-8/h2-6,16,18H,1H3,(H,17,19). The van der Waals surface area contributed by atoms with Crippen LogP contribution in [0.1, 0.15) is 6.92 Å². The van der Waals surface area contributed by atoms with Crippen LogP contribution >= 0.6 is 0 Å². The Morgan fingerprint density at radius 2 is 1.79 bits per heavy atom. The largest absolute Gasteiger partial charge is 0.504 e. The molecule has 0 unspecified atom stereocenters. The maximum Gasteiger partial charge on any atom is 0.449 e. The molecule has 0 heterocycles. The molecular weight excluding hydrogens is 261 g/mol. The van der Waals surface area contributed by atoms with Crippen molar-refractivity contribution >= 4 is 17.3 Å². The summed E-state index contributed by atoms with van der Waals surface area (Å²) < 4.78 is 37.1. The van der Waals surface area contributed by atoms with E-state index in [1.165, 1.54) is 12.1 Å². The zero-order valence-corrected chi connectivity index (χ0v) is 9.88. The van der Waals surface area contributed by atoms with Crippen molar-refractivity contribution in [3.05, 3.63) is 41.7 Å². The molecule has 3 N–H and O–H groups in total. The summed E-state index contributed by atoms with van der Waals surface area (Å²) in [6.07, 6.45) is -5.08. The molecule has 1 amide bonds. The molecular formula is C12H11F3N2O2. The molecule has 0 atom stereocenters. The molecule has 0 aliphatic carbocycles. The van der Waals surface area contributed by atoms with Crippen LogP contribution in [0.15, 0.2) is 41.7 Å². The Morgan fingerprint density at radius 3 is 2.21 bits per heavy atom. The molecule has 1 rings (SSSR count). The average molecular weight is 272 g/mol. The molecule has 0 bridgehead atoms. The second kappa shape index (κ2) is 5.55. The maximum atomic E-state index is 12.4. The van der Waals surface area contributed by atoms with E-state index < -0.39 is 29.1 Å². The number of hydrogen-bond donors (Lipinski definition) is 3. The summed E-state index contributed by atoms with van der Waals surface area (Å²) in [5.74, 6) is -3.26. The molecule has 0 aliphatic heterocycles. The molecule has 102 valence electrons. The summed E-state index contributed by atoms with van der Waals surface area (Å²) >= 11 is 0. The SMILES string of the molecule is CC(=N)C(C(=O)Nc1ccccc1)=C(O)C(F)(F)F. The van der Waals surface area contributed by atoms with Crippen LogP contribution < -0.4 is 5.32 Å². The van der Waals surface area contributed by atoms with Crippen molar-refractivity contribution in [1.82, 2.24) is 0 Å². The van der Waals surface area contributed by atoms with Gasteiger partial charge in [0.15, 0.2) is 0 Å². The molecule has 19 heavy (non-hydrogen) atoms. The lowest BCUT2D eigenvalue weighted by molar-refractivity contribution is -0.125. The topological polar surface area (TPSA) is 73.2 Å². The molecule has 0 radical (unpaired) electrons. The van der Waals surface area contributed by atoms with E-state index in [1.807, 2.05) is 0 Å². The molecule has 0 spiro atoms. The second-order valence-electron chi connectivity index (χ2n) is 3.67. The number of aliphatic hydroxyl groups is 1. The van der Waals surface area contributed by atoms with Crippen LogP contribution in [-0.2, 0) is 4.79 Å². The lowest BCUT2D eigenvalue weighted by Crippen LogP contribution is -2.25. The first kappa shape index (κ1) is 14.7. The van der Waals surface area contributed by atoms with Gasteiger partial charge < -0.3 is 15.8 Å². The zero-order chi connectivity index (χ0) is 14.6. The molecule has 7 heteroatoms. The van der Waals surface area contributed by atoms with Crippen LogP contribution in [0.25, 0.3) is 0 Å². The van der Waals surface area contributed by atoms with Crippen molar-refractivity contribution in [2.45, 2.75) is 13.1 Å². The summed E-state index contributed by atoms with van der Waals surface area (Å²) in [5, 5.41) is 18.4. The summed E-state index contributed by atoms with van der Waals surface area (Å²) in [6.45, 7) is 0.988. The van der Waals surface area contributed by atoms with Gasteiger partial charge in [-0.3, -0.25) is 4.79 Å². The van der Waals surface area contributed by atoms with Gasteiger partial charge in [0.05, 0.1) is 0 Å². The van der Waals surface area contributed by atoms with Crippen LogP contribution in [-0.4, -0.2) is 22.9 Å². The first-order valence-electron chi connectivity index (χ1n) is 5.16. The first-order valence-corrected chi connectivity index (χ1v) is 5.16. The minimum Gasteiger partial charge on any atom is -0.504 e. The molecule has 4 nitrogen and oxygen atoms in total. The van der Waals surface area contributed by atoms with Crippen LogP contribution in [0.3, 0.4) is 0 Å². The van der Waals surface area contributed by atoms with E-state index >= 15 is 0 Å². The number of carbonyl (C=O) groups is 1. The van der Waals surface area contributed by atoms with Crippen molar-refractivity contribution in [3.8, 4) is 0 Å². The Balaban J connectivity index is 3.09. The Labute approximate surface area is 107 Å². The quantitative estimate of drug-likeness (QED) is 0.449. The van der Waals surface area contributed by atoms with Crippen LogP contribution in [0.5, 0.6) is 0 Å². The molecule has 0 fully saturated rings. The Kier molecular flexibility index (Phi) is 4.31. The van der Waals surface area contributed by atoms with Gasteiger partial charge in [0.1, 0.15) is 5.57 Å². The highest BCUT2D eigenvalue weighted by molar-refractivity contribution is 6.24. The Bertz CT molecular complexity index is 522. The van der Waals surface area contributed by atoms with Gasteiger partial charge in [0, 0.05) is 11.4 Å². The molecule has 0 aliphatic rings. The van der Waals surface area contributed by atoms with Gasteiger partial charge >= 0.3 is 6.18 Å². The number of carbonyl (C=O) groups excluding carboxylic acids is 1. The van der Waals surface area contributed by atoms with Gasteiger partial charge in [0.2, 0.25) is 5.76 Å². The predicted molar refractivity (Wildman–Crippen MR) is 64.2 cm³/mol. The van der Waals surface area contributed by atoms with E-state index in [-0.39, 0.29) is 5.69 Å². The van der Waals surface area contributed by atoms with Gasteiger partial charge in [0.25, 0.3) is 5.91 Å². The fourth-order valence-corrected chi connectivity index (χ4v) is 1.31. The smallest absolute Gasteiger partial charge is 0.449 e. The third kappa shape index (κ3) is 3.84. The monoisotopic (exact) mass is 272 g/mol. The number of anilines is 1. The van der Waals surface area contributed by atoms with Crippen molar-refractivity contribution in [1.29, 1.82) is 5.41 Å². The average Bonchev–Trinajstić information content (AvgIpc) is 2.28. The van der Waals surface area contributed by atoms with Gasteiger partial charge in [-0.1, -0.05) is 18.2 Å². The van der Waals surface area contributed by atoms with Crippen molar-refractivity contribution in [3.63, 3.8) is 0 Å². The number of amides is 1. The third-order valence-electron chi connectivity index (χ3n) is 2.14. The number of alkyl halides is 3. The maximum absolute atomic E-state index is 12.4. The summed E-state index contributed by atoms with van der Waals surface area (Å²) in [4.78, 5) is 11.7. The number of para-hydroxylation sites is 1. The highest BCUT2D eigenvalue weighted by atomic mass is 19.4. The molecule has 1 aromatic rings. The van der Waals surface area contributed by atoms with Crippen molar-refractivity contribution in [2.24, 2.45) is 0 Å². The summed E-state index contributed by atoms with van der Waals surface area (Å²) in [5.41, 5.74) is -1.51. The summed E-state index contributed by atoms with van der Waals surface area (Å²) in [7, 11) is 0. The lowest BCUT2D eigenvalue weighted by Gasteiger charge is -2.12. The van der Waals surface area contributed by atoms with Crippen molar-refractivity contribution in [2.75, 3.05) is 5.32 Å². The number of rotatable bonds is 3. The Hall–Kier alpha value is -2.31. The van der Waals surface area contributed by atoms with E-state index in [9.17, 15) is 18.0 Å². The van der Waals surface area contributed by atoms with E-state index in [2.05, 4.69) is 5.32 Å². The predicted octanol–water partition coefficient (Wildman–Crippen LogP) is 3.04. The number of allylic oxidation sites excluding steroid dienone is 1. The second-order valence-corrected chi connectivity index (χ2v) is 3.67. The van der Waals surface area contributed by atoms with E-state index in [0.717, 1.165) is 6.92 Å². The zero-order valence-electron chi connectivity index (χ0n) is 9.88. The number of halogens is 3. The number of aliphatic hydroxyl groups excluding tert-OH is 1. The van der Waals surface area contributed by atoms with E-state index in [4.69, 9.17) is 10.5 Å². The normalized spacial score (nSPS) is 12.6. The molecule has 0 saturated heterocycles. The van der Waals surface area contributed by atoms with Gasteiger partial charge in [-0.05, 0) is 19.1 Å². The van der Waals surface area contributed by atoms with E-state index in [1.54, 1.807) is 18.2 Å². The van der Waals surface area contributed by atoms with Crippen LogP contribution in [0, 0.1) is 5.41 Å². The fraction of sp³-hybridized carbons (Fsp3) is 0.167. The van der Waals surface area contributed by atoms with Gasteiger partial charge in [-0.25, -0.2) is 0 Å². The minimum absolute atomic E-state index is 0.265. The first-order chi connectivity index (χ1) is 8.73. The minimum atomic E-state index is -5.08. The summed E-state index contributed by atoms with van der Waals surface area (Å²) in [6, 6.07) is 7.78. The number of hydrogen-bond acceptors (Lipinski definition) is 3.